The maximum Gasteiger partial charge on any atom is 0.189 e. The monoisotopic (exact) mass is 277 g/mol. The molecule has 1 aromatic carbocycles. The summed E-state index contributed by atoms with van der Waals surface area (Å²) in [4.78, 5) is 0. The number of nitrogen functional groups attached to an aromatic ring is 1. The van der Waals surface area contributed by atoms with Crippen molar-refractivity contribution in [2.45, 2.75) is 51.9 Å². The van der Waals surface area contributed by atoms with Gasteiger partial charge in [0.1, 0.15) is 5.75 Å². The average molecular weight is 277 g/mol. The maximum absolute atomic E-state index is 6.13. The Hall–Kier alpha value is -1.26. The van der Waals surface area contributed by atoms with E-state index in [-0.39, 0.29) is 0 Å². The van der Waals surface area contributed by atoms with Crippen LogP contribution in [0.5, 0.6) is 5.75 Å². The molecule has 2 N–H and O–H groups in total. The third-order valence-electron chi connectivity index (χ3n) is 4.29. The van der Waals surface area contributed by atoms with E-state index < -0.39 is 0 Å². The van der Waals surface area contributed by atoms with Crippen molar-refractivity contribution in [2.75, 3.05) is 12.5 Å². The fraction of sp³-hybridized carbons (Fsp3) is 0.625. The Morgan fingerprint density at radius 1 is 1.30 bits per heavy atom. The maximum atomic E-state index is 6.13. The van der Waals surface area contributed by atoms with Gasteiger partial charge in [-0.3, -0.25) is 0 Å². The zero-order valence-corrected chi connectivity index (χ0v) is 12.1. The molecule has 1 fully saturated rings. The second-order valence-electron chi connectivity index (χ2n) is 5.89. The first-order valence-electron chi connectivity index (χ1n) is 7.47. The van der Waals surface area contributed by atoms with E-state index in [0.717, 1.165) is 29.0 Å². The van der Waals surface area contributed by atoms with Gasteiger partial charge >= 0.3 is 0 Å². The molecule has 2 aliphatic rings. The van der Waals surface area contributed by atoms with Crippen LogP contribution in [-0.2, 0) is 22.7 Å². The minimum absolute atomic E-state index is 0.309. The molecular formula is C16H23NO3. The van der Waals surface area contributed by atoms with E-state index in [2.05, 4.69) is 6.92 Å². The van der Waals surface area contributed by atoms with Gasteiger partial charge in [-0.05, 0) is 30.9 Å². The van der Waals surface area contributed by atoms with Crippen LogP contribution in [0.3, 0.4) is 0 Å². The molecule has 0 saturated heterocycles. The minimum Gasteiger partial charge on any atom is -0.467 e. The summed E-state index contributed by atoms with van der Waals surface area (Å²) in [6.45, 7) is 3.72. The van der Waals surface area contributed by atoms with Crippen molar-refractivity contribution < 1.29 is 14.2 Å². The van der Waals surface area contributed by atoms with Crippen molar-refractivity contribution in [3.8, 4) is 5.75 Å². The molecule has 1 aromatic rings. The van der Waals surface area contributed by atoms with Gasteiger partial charge in [-0.15, -0.1) is 0 Å². The molecule has 2 unspecified atom stereocenters. The van der Waals surface area contributed by atoms with Gasteiger partial charge in [0.15, 0.2) is 6.79 Å². The summed E-state index contributed by atoms with van der Waals surface area (Å²) in [5.74, 6) is 1.54. The van der Waals surface area contributed by atoms with Crippen LogP contribution in [0.4, 0.5) is 5.69 Å². The molecule has 110 valence electrons. The van der Waals surface area contributed by atoms with Crippen molar-refractivity contribution in [2.24, 2.45) is 5.92 Å². The third kappa shape index (κ3) is 2.91. The Morgan fingerprint density at radius 2 is 2.15 bits per heavy atom. The van der Waals surface area contributed by atoms with Crippen LogP contribution in [-0.4, -0.2) is 12.9 Å². The quantitative estimate of drug-likeness (QED) is 0.862. The SMILES string of the molecule is CC1CCCCC1OCc1cc(N)cc2c1OCOC2. The van der Waals surface area contributed by atoms with Crippen LogP contribution in [0.1, 0.15) is 43.7 Å². The molecule has 4 heteroatoms. The van der Waals surface area contributed by atoms with Gasteiger partial charge in [-0.2, -0.15) is 0 Å². The van der Waals surface area contributed by atoms with Crippen molar-refractivity contribution in [3.63, 3.8) is 0 Å². The van der Waals surface area contributed by atoms with E-state index in [1.807, 2.05) is 12.1 Å². The molecule has 0 spiro atoms. The summed E-state index contributed by atoms with van der Waals surface area (Å²) in [7, 11) is 0. The fourth-order valence-corrected chi connectivity index (χ4v) is 3.16. The highest BCUT2D eigenvalue weighted by Gasteiger charge is 2.23. The van der Waals surface area contributed by atoms with Gasteiger partial charge in [0, 0.05) is 16.8 Å². The number of hydrogen-bond acceptors (Lipinski definition) is 4. The Kier molecular flexibility index (Phi) is 4.13. The molecule has 1 heterocycles. The lowest BCUT2D eigenvalue weighted by molar-refractivity contribution is -0.0286. The van der Waals surface area contributed by atoms with Gasteiger partial charge in [0.2, 0.25) is 0 Å². The average Bonchev–Trinajstić information content (AvgIpc) is 2.46. The summed E-state index contributed by atoms with van der Waals surface area (Å²) in [6, 6.07) is 3.87. The summed E-state index contributed by atoms with van der Waals surface area (Å²) in [5, 5.41) is 0. The summed E-state index contributed by atoms with van der Waals surface area (Å²) in [6.07, 6.45) is 5.39. The summed E-state index contributed by atoms with van der Waals surface area (Å²) < 4.78 is 17.0. The largest absolute Gasteiger partial charge is 0.467 e. The molecule has 0 amide bonds. The smallest absolute Gasteiger partial charge is 0.189 e. The lowest BCUT2D eigenvalue weighted by atomic mass is 9.88. The first-order valence-corrected chi connectivity index (χ1v) is 7.47. The molecule has 0 aromatic heterocycles. The fourth-order valence-electron chi connectivity index (χ4n) is 3.16. The second kappa shape index (κ2) is 6.02. The molecule has 20 heavy (non-hydrogen) atoms. The molecule has 0 bridgehead atoms. The first-order chi connectivity index (χ1) is 9.74. The molecule has 1 aliphatic heterocycles. The van der Waals surface area contributed by atoms with Crippen LogP contribution in [0.2, 0.25) is 0 Å². The van der Waals surface area contributed by atoms with E-state index in [1.54, 1.807) is 0 Å². The molecule has 1 aliphatic carbocycles. The zero-order valence-electron chi connectivity index (χ0n) is 12.1. The van der Waals surface area contributed by atoms with Crippen LogP contribution >= 0.6 is 0 Å². The number of ether oxygens (including phenoxy) is 3. The minimum atomic E-state index is 0.309. The summed E-state index contributed by atoms with van der Waals surface area (Å²) >= 11 is 0. The number of hydrogen-bond donors (Lipinski definition) is 1. The van der Waals surface area contributed by atoms with Crippen molar-refractivity contribution >= 4 is 5.69 Å². The first kappa shape index (κ1) is 13.7. The van der Waals surface area contributed by atoms with E-state index in [1.165, 1.54) is 19.3 Å². The topological polar surface area (TPSA) is 53.7 Å². The standard InChI is InChI=1S/C16H23NO3/c1-11-4-2-3-5-15(11)19-9-13-7-14(17)6-12-8-18-10-20-16(12)13/h6-7,11,15H,2-5,8-10,17H2,1H3. The third-order valence-corrected chi connectivity index (χ3v) is 4.29. The van der Waals surface area contributed by atoms with Crippen LogP contribution in [0, 0.1) is 5.92 Å². The highest BCUT2D eigenvalue weighted by molar-refractivity contribution is 5.53. The van der Waals surface area contributed by atoms with Crippen molar-refractivity contribution in [1.29, 1.82) is 0 Å². The number of benzene rings is 1. The van der Waals surface area contributed by atoms with Crippen LogP contribution in [0.25, 0.3) is 0 Å². The Morgan fingerprint density at radius 3 is 3.00 bits per heavy atom. The Labute approximate surface area is 120 Å². The lowest BCUT2D eigenvalue weighted by Gasteiger charge is -2.29. The van der Waals surface area contributed by atoms with E-state index >= 15 is 0 Å². The van der Waals surface area contributed by atoms with Gasteiger partial charge in [0.25, 0.3) is 0 Å². The molecule has 3 rings (SSSR count). The molecule has 0 radical (unpaired) electrons. The Balaban J connectivity index is 1.72. The van der Waals surface area contributed by atoms with Crippen LogP contribution in [0.15, 0.2) is 12.1 Å². The van der Waals surface area contributed by atoms with Crippen molar-refractivity contribution in [3.05, 3.63) is 23.3 Å². The number of nitrogens with two attached hydrogens (primary N) is 1. The Bertz CT molecular complexity index is 475. The summed E-state index contributed by atoms with van der Waals surface area (Å²) in [5.41, 5.74) is 8.76. The van der Waals surface area contributed by atoms with Gasteiger partial charge < -0.3 is 19.9 Å². The van der Waals surface area contributed by atoms with Gasteiger partial charge in [0.05, 0.1) is 19.3 Å². The predicted molar refractivity (Wildman–Crippen MR) is 77.3 cm³/mol. The molecule has 1 saturated carbocycles. The number of rotatable bonds is 3. The van der Waals surface area contributed by atoms with Gasteiger partial charge in [-0.1, -0.05) is 19.8 Å². The number of fused-ring (bicyclic) bond motifs is 1. The van der Waals surface area contributed by atoms with E-state index in [4.69, 9.17) is 19.9 Å². The molecule has 4 nitrogen and oxygen atoms in total. The molecule has 2 atom stereocenters. The van der Waals surface area contributed by atoms with E-state index in [9.17, 15) is 0 Å². The van der Waals surface area contributed by atoms with Crippen molar-refractivity contribution in [1.82, 2.24) is 0 Å². The zero-order chi connectivity index (χ0) is 13.9. The highest BCUT2D eigenvalue weighted by Crippen LogP contribution is 2.33. The normalized spacial score (nSPS) is 25.9. The predicted octanol–water partition coefficient (Wildman–Crippen LogP) is 3.23. The molecular weight excluding hydrogens is 254 g/mol. The highest BCUT2D eigenvalue weighted by atomic mass is 16.7. The second-order valence-corrected chi connectivity index (χ2v) is 5.89. The van der Waals surface area contributed by atoms with Gasteiger partial charge in [-0.25, -0.2) is 0 Å². The van der Waals surface area contributed by atoms with Crippen LogP contribution < -0.4 is 10.5 Å². The lowest BCUT2D eigenvalue weighted by Crippen LogP contribution is -2.25. The van der Waals surface area contributed by atoms with E-state index in [0.29, 0.717) is 32.0 Å². The number of anilines is 1.